The molecule has 5 heteroatoms. The zero-order valence-corrected chi connectivity index (χ0v) is 10.3. The molecule has 18 heavy (non-hydrogen) atoms. The quantitative estimate of drug-likeness (QED) is 0.754. The van der Waals surface area contributed by atoms with E-state index in [1.807, 2.05) is 35.9 Å². The van der Waals surface area contributed by atoms with Crippen LogP contribution < -0.4 is 0 Å². The number of aromatic nitrogens is 2. The van der Waals surface area contributed by atoms with Crippen LogP contribution in [0.4, 0.5) is 0 Å². The van der Waals surface area contributed by atoms with E-state index in [0.29, 0.717) is 32.1 Å². The number of rotatable bonds is 1. The van der Waals surface area contributed by atoms with E-state index in [1.165, 1.54) is 0 Å². The minimum absolute atomic E-state index is 0.0167. The number of carbonyl (C=O) groups excluding carboxylic acids is 1. The Morgan fingerprint density at radius 1 is 1.28 bits per heavy atom. The highest BCUT2D eigenvalue weighted by atomic mass is 16.5. The topological polar surface area (TPSA) is 47.4 Å². The fourth-order valence-corrected chi connectivity index (χ4v) is 2.24. The van der Waals surface area contributed by atoms with Gasteiger partial charge in [-0.3, -0.25) is 4.79 Å². The molecule has 2 heterocycles. The molecule has 0 aliphatic carbocycles. The number of imidazole rings is 1. The summed E-state index contributed by atoms with van der Waals surface area (Å²) in [5.41, 5.74) is 1.84. The van der Waals surface area contributed by atoms with Gasteiger partial charge in [0.1, 0.15) is 0 Å². The summed E-state index contributed by atoms with van der Waals surface area (Å²) in [6.07, 6.45) is 0. The van der Waals surface area contributed by atoms with Gasteiger partial charge in [-0.1, -0.05) is 12.1 Å². The summed E-state index contributed by atoms with van der Waals surface area (Å²) in [6.45, 7) is 2.50. The van der Waals surface area contributed by atoms with Crippen LogP contribution in [0.2, 0.25) is 0 Å². The molecule has 1 amide bonds. The minimum Gasteiger partial charge on any atom is -0.378 e. The fraction of sp³-hybridized carbons (Fsp3) is 0.385. The van der Waals surface area contributed by atoms with Gasteiger partial charge in [0.05, 0.1) is 24.2 Å². The van der Waals surface area contributed by atoms with E-state index in [1.54, 1.807) is 4.90 Å². The van der Waals surface area contributed by atoms with E-state index in [9.17, 15) is 4.79 Å². The van der Waals surface area contributed by atoms with E-state index in [0.717, 1.165) is 11.0 Å². The van der Waals surface area contributed by atoms with Gasteiger partial charge in [0.2, 0.25) is 0 Å². The maximum absolute atomic E-state index is 12.4. The van der Waals surface area contributed by atoms with Crippen molar-refractivity contribution in [1.82, 2.24) is 14.5 Å². The van der Waals surface area contributed by atoms with Crippen molar-refractivity contribution in [2.75, 3.05) is 26.3 Å². The van der Waals surface area contributed by atoms with Crippen LogP contribution in [-0.2, 0) is 11.8 Å². The standard InChI is InChI=1S/C13H15N3O2/c1-15-11-5-3-2-4-10(11)14-12(15)13(17)16-6-8-18-9-7-16/h2-5H,6-9H2,1H3. The second-order valence-electron chi connectivity index (χ2n) is 4.39. The molecule has 0 saturated carbocycles. The van der Waals surface area contributed by atoms with Gasteiger partial charge in [0.15, 0.2) is 5.82 Å². The fourth-order valence-electron chi connectivity index (χ4n) is 2.24. The normalized spacial score (nSPS) is 16.2. The number of carbonyl (C=O) groups is 1. The number of nitrogens with zero attached hydrogens (tertiary/aromatic N) is 3. The summed E-state index contributed by atoms with van der Waals surface area (Å²) in [5, 5.41) is 0. The van der Waals surface area contributed by atoms with Crippen LogP contribution in [0.25, 0.3) is 11.0 Å². The molecular weight excluding hydrogens is 230 g/mol. The van der Waals surface area contributed by atoms with Gasteiger partial charge in [-0.15, -0.1) is 0 Å². The Morgan fingerprint density at radius 2 is 2.00 bits per heavy atom. The average molecular weight is 245 g/mol. The lowest BCUT2D eigenvalue weighted by molar-refractivity contribution is 0.0293. The monoisotopic (exact) mass is 245 g/mol. The number of aryl methyl sites for hydroxylation is 1. The highest BCUT2D eigenvalue weighted by molar-refractivity contribution is 5.94. The number of benzene rings is 1. The molecule has 0 spiro atoms. The molecule has 0 N–H and O–H groups in total. The summed E-state index contributed by atoms with van der Waals surface area (Å²) in [5.74, 6) is 0.482. The Kier molecular flexibility index (Phi) is 2.76. The molecule has 0 unspecified atom stereocenters. The van der Waals surface area contributed by atoms with Crippen molar-refractivity contribution in [2.45, 2.75) is 0 Å². The van der Waals surface area contributed by atoms with Gasteiger partial charge >= 0.3 is 0 Å². The predicted octanol–water partition coefficient (Wildman–Crippen LogP) is 1.05. The van der Waals surface area contributed by atoms with Gasteiger partial charge in [-0.2, -0.15) is 0 Å². The number of ether oxygens (including phenoxy) is 1. The van der Waals surface area contributed by atoms with Crippen LogP contribution in [0, 0.1) is 0 Å². The van der Waals surface area contributed by atoms with Crippen molar-refractivity contribution in [3.63, 3.8) is 0 Å². The van der Waals surface area contributed by atoms with Crippen molar-refractivity contribution >= 4 is 16.9 Å². The molecule has 1 saturated heterocycles. The Hall–Kier alpha value is -1.88. The van der Waals surface area contributed by atoms with Crippen LogP contribution in [-0.4, -0.2) is 46.7 Å². The first kappa shape index (κ1) is 11.2. The van der Waals surface area contributed by atoms with E-state index >= 15 is 0 Å². The third kappa shape index (κ3) is 1.76. The first-order valence-corrected chi connectivity index (χ1v) is 6.06. The lowest BCUT2D eigenvalue weighted by atomic mass is 10.3. The van der Waals surface area contributed by atoms with E-state index in [4.69, 9.17) is 4.74 Å². The van der Waals surface area contributed by atoms with Crippen LogP contribution in [0.15, 0.2) is 24.3 Å². The summed E-state index contributed by atoms with van der Waals surface area (Å²) in [7, 11) is 1.88. The van der Waals surface area contributed by atoms with E-state index in [-0.39, 0.29) is 5.91 Å². The third-order valence-corrected chi connectivity index (χ3v) is 3.28. The van der Waals surface area contributed by atoms with Crippen molar-refractivity contribution in [2.24, 2.45) is 7.05 Å². The highest BCUT2D eigenvalue weighted by Crippen LogP contribution is 2.16. The zero-order chi connectivity index (χ0) is 12.5. The highest BCUT2D eigenvalue weighted by Gasteiger charge is 2.23. The summed E-state index contributed by atoms with van der Waals surface area (Å²) < 4.78 is 7.11. The molecule has 1 aromatic carbocycles. The van der Waals surface area contributed by atoms with Crippen molar-refractivity contribution < 1.29 is 9.53 Å². The molecule has 2 aromatic rings. The van der Waals surface area contributed by atoms with E-state index < -0.39 is 0 Å². The van der Waals surface area contributed by atoms with Crippen molar-refractivity contribution in [1.29, 1.82) is 0 Å². The average Bonchev–Trinajstić information content (AvgIpc) is 2.77. The van der Waals surface area contributed by atoms with Crippen LogP contribution in [0.5, 0.6) is 0 Å². The van der Waals surface area contributed by atoms with Crippen molar-refractivity contribution in [3.8, 4) is 0 Å². The molecule has 3 rings (SSSR count). The number of amides is 1. The van der Waals surface area contributed by atoms with Crippen molar-refractivity contribution in [3.05, 3.63) is 30.1 Å². The Morgan fingerprint density at radius 3 is 2.72 bits per heavy atom. The molecule has 1 aliphatic rings. The largest absolute Gasteiger partial charge is 0.378 e. The second kappa shape index (κ2) is 4.42. The lowest BCUT2D eigenvalue weighted by Crippen LogP contribution is -2.41. The van der Waals surface area contributed by atoms with Crippen LogP contribution in [0.3, 0.4) is 0 Å². The minimum atomic E-state index is -0.0167. The lowest BCUT2D eigenvalue weighted by Gasteiger charge is -2.26. The zero-order valence-electron chi connectivity index (χ0n) is 10.3. The molecule has 0 atom stereocenters. The Labute approximate surface area is 105 Å². The summed E-state index contributed by atoms with van der Waals surface area (Å²) >= 11 is 0. The Bertz CT molecular complexity index is 585. The number of para-hydroxylation sites is 2. The van der Waals surface area contributed by atoms with Gasteiger partial charge in [-0.05, 0) is 12.1 Å². The summed E-state index contributed by atoms with van der Waals surface area (Å²) in [6, 6.07) is 7.77. The molecule has 94 valence electrons. The third-order valence-electron chi connectivity index (χ3n) is 3.28. The van der Waals surface area contributed by atoms with Gasteiger partial charge < -0.3 is 14.2 Å². The molecule has 1 aromatic heterocycles. The van der Waals surface area contributed by atoms with Crippen LogP contribution >= 0.6 is 0 Å². The van der Waals surface area contributed by atoms with Crippen LogP contribution in [0.1, 0.15) is 10.6 Å². The van der Waals surface area contributed by atoms with E-state index in [2.05, 4.69) is 4.98 Å². The molecule has 5 nitrogen and oxygen atoms in total. The number of morpholine rings is 1. The number of hydrogen-bond acceptors (Lipinski definition) is 3. The molecule has 1 aliphatic heterocycles. The SMILES string of the molecule is Cn1c(C(=O)N2CCOCC2)nc2ccccc21. The molecule has 0 bridgehead atoms. The first-order valence-electron chi connectivity index (χ1n) is 6.06. The number of fused-ring (bicyclic) bond motifs is 1. The molecule has 1 fully saturated rings. The van der Waals surface area contributed by atoms with Gasteiger partial charge in [0, 0.05) is 20.1 Å². The van der Waals surface area contributed by atoms with Gasteiger partial charge in [0.25, 0.3) is 5.91 Å². The maximum Gasteiger partial charge on any atom is 0.290 e. The van der Waals surface area contributed by atoms with Gasteiger partial charge in [-0.25, -0.2) is 4.98 Å². The molecular formula is C13H15N3O2. The summed E-state index contributed by atoms with van der Waals surface area (Å²) in [4.78, 5) is 18.6. The second-order valence-corrected chi connectivity index (χ2v) is 4.39. The number of hydrogen-bond donors (Lipinski definition) is 0. The maximum atomic E-state index is 12.4. The predicted molar refractivity (Wildman–Crippen MR) is 67.4 cm³/mol. The Balaban J connectivity index is 1.98. The smallest absolute Gasteiger partial charge is 0.290 e. The first-order chi connectivity index (χ1) is 8.77. The molecule has 0 radical (unpaired) electrons.